The fourth-order valence-electron chi connectivity index (χ4n) is 1.53. The van der Waals surface area contributed by atoms with E-state index >= 15 is 0 Å². The number of hydrogen-bond donors (Lipinski definition) is 1. The Morgan fingerprint density at radius 2 is 2.11 bits per heavy atom. The molecule has 0 unspecified atom stereocenters. The number of aromatic nitrogens is 2. The van der Waals surface area contributed by atoms with Crippen molar-refractivity contribution in [3.05, 3.63) is 35.0 Å². The summed E-state index contributed by atoms with van der Waals surface area (Å²) in [5.74, 6) is -0.513. The summed E-state index contributed by atoms with van der Waals surface area (Å²) in [6, 6.07) is 5.95. The van der Waals surface area contributed by atoms with Crippen molar-refractivity contribution in [2.75, 3.05) is 0 Å². The number of rotatable bonds is 4. The van der Waals surface area contributed by atoms with Gasteiger partial charge in [0.05, 0.1) is 0 Å². The Balaban J connectivity index is 2.27. The molecule has 6 heteroatoms. The van der Waals surface area contributed by atoms with E-state index in [0.717, 1.165) is 18.0 Å². The minimum atomic E-state index is -0.322. The molecule has 0 aliphatic rings. The van der Waals surface area contributed by atoms with E-state index in [1.54, 1.807) is 12.1 Å². The first-order valence-electron chi connectivity index (χ1n) is 6.01. The average molecular weight is 279 g/mol. The van der Waals surface area contributed by atoms with Crippen LogP contribution < -0.4 is 5.32 Å². The SMILES string of the molecule is CC[C@@H](C)NC(=O)c1snnc1-c1ccc(F)cc1. The van der Waals surface area contributed by atoms with Crippen LogP contribution in [0.1, 0.15) is 29.9 Å². The highest BCUT2D eigenvalue weighted by Gasteiger charge is 2.18. The third-order valence-electron chi connectivity index (χ3n) is 2.80. The van der Waals surface area contributed by atoms with Gasteiger partial charge in [0.2, 0.25) is 0 Å². The Morgan fingerprint density at radius 1 is 1.42 bits per heavy atom. The van der Waals surface area contributed by atoms with Gasteiger partial charge < -0.3 is 5.32 Å². The molecule has 0 radical (unpaired) electrons. The van der Waals surface area contributed by atoms with Crippen LogP contribution in [0, 0.1) is 5.82 Å². The molecule has 0 saturated carbocycles. The van der Waals surface area contributed by atoms with Gasteiger partial charge in [-0.3, -0.25) is 4.79 Å². The van der Waals surface area contributed by atoms with E-state index in [-0.39, 0.29) is 17.8 Å². The minimum Gasteiger partial charge on any atom is -0.349 e. The summed E-state index contributed by atoms with van der Waals surface area (Å²) in [7, 11) is 0. The molecule has 19 heavy (non-hydrogen) atoms. The molecular weight excluding hydrogens is 265 g/mol. The maximum absolute atomic E-state index is 12.9. The predicted octanol–water partition coefficient (Wildman–Crippen LogP) is 2.87. The Kier molecular flexibility index (Phi) is 4.21. The van der Waals surface area contributed by atoms with Crippen LogP contribution in [0.4, 0.5) is 4.39 Å². The first-order chi connectivity index (χ1) is 9.11. The van der Waals surface area contributed by atoms with Gasteiger partial charge in [0.25, 0.3) is 5.91 Å². The van der Waals surface area contributed by atoms with Crippen LogP contribution in [0.3, 0.4) is 0 Å². The van der Waals surface area contributed by atoms with Crippen molar-refractivity contribution in [2.24, 2.45) is 0 Å². The summed E-state index contributed by atoms with van der Waals surface area (Å²) in [5, 5.41) is 6.83. The highest BCUT2D eigenvalue weighted by molar-refractivity contribution is 7.08. The van der Waals surface area contributed by atoms with Crippen molar-refractivity contribution in [1.29, 1.82) is 0 Å². The van der Waals surface area contributed by atoms with E-state index in [2.05, 4.69) is 14.9 Å². The zero-order valence-corrected chi connectivity index (χ0v) is 11.5. The van der Waals surface area contributed by atoms with E-state index < -0.39 is 0 Å². The highest BCUT2D eigenvalue weighted by Crippen LogP contribution is 2.24. The number of benzene rings is 1. The van der Waals surface area contributed by atoms with Crippen LogP contribution in [0.15, 0.2) is 24.3 Å². The van der Waals surface area contributed by atoms with Gasteiger partial charge in [0, 0.05) is 11.6 Å². The van der Waals surface area contributed by atoms with Crippen LogP contribution in [-0.4, -0.2) is 21.5 Å². The number of nitrogens with one attached hydrogen (secondary N) is 1. The van der Waals surface area contributed by atoms with Gasteiger partial charge in [-0.15, -0.1) is 5.10 Å². The van der Waals surface area contributed by atoms with Gasteiger partial charge in [-0.1, -0.05) is 11.4 Å². The van der Waals surface area contributed by atoms with Crippen molar-refractivity contribution in [1.82, 2.24) is 14.9 Å². The lowest BCUT2D eigenvalue weighted by molar-refractivity contribution is 0.0944. The molecule has 1 aromatic heterocycles. The van der Waals surface area contributed by atoms with Crippen molar-refractivity contribution in [3.63, 3.8) is 0 Å². The number of carbonyl (C=O) groups excluding carboxylic acids is 1. The Bertz CT molecular complexity index is 568. The smallest absolute Gasteiger partial charge is 0.265 e. The quantitative estimate of drug-likeness (QED) is 0.936. The molecule has 0 bridgehead atoms. The molecule has 2 aromatic rings. The van der Waals surface area contributed by atoms with Crippen molar-refractivity contribution >= 4 is 17.4 Å². The van der Waals surface area contributed by atoms with E-state index in [9.17, 15) is 9.18 Å². The average Bonchev–Trinajstić information content (AvgIpc) is 2.88. The Labute approximate surface area is 114 Å². The molecule has 0 fully saturated rings. The summed E-state index contributed by atoms with van der Waals surface area (Å²) in [6.07, 6.45) is 0.851. The topological polar surface area (TPSA) is 54.9 Å². The van der Waals surface area contributed by atoms with Crippen LogP contribution in [-0.2, 0) is 0 Å². The molecular formula is C13H14FN3OS. The molecule has 4 nitrogen and oxygen atoms in total. The van der Waals surface area contributed by atoms with Gasteiger partial charge in [-0.05, 0) is 49.1 Å². The van der Waals surface area contributed by atoms with E-state index in [1.807, 2.05) is 13.8 Å². The number of carbonyl (C=O) groups is 1. The Hall–Kier alpha value is -1.82. The number of halogens is 1. The second-order valence-corrected chi connectivity index (χ2v) is 4.99. The zero-order valence-electron chi connectivity index (χ0n) is 10.7. The molecule has 1 amide bonds. The van der Waals surface area contributed by atoms with Gasteiger partial charge in [-0.2, -0.15) is 0 Å². The molecule has 1 atom stereocenters. The lowest BCUT2D eigenvalue weighted by atomic mass is 10.1. The van der Waals surface area contributed by atoms with Crippen LogP contribution in [0.25, 0.3) is 11.3 Å². The molecule has 1 N–H and O–H groups in total. The second-order valence-electron chi connectivity index (χ2n) is 4.24. The van der Waals surface area contributed by atoms with Crippen LogP contribution in [0.5, 0.6) is 0 Å². The summed E-state index contributed by atoms with van der Waals surface area (Å²) in [6.45, 7) is 3.93. The highest BCUT2D eigenvalue weighted by atomic mass is 32.1. The molecule has 0 aliphatic carbocycles. The fourth-order valence-corrected chi connectivity index (χ4v) is 2.12. The number of hydrogen-bond acceptors (Lipinski definition) is 4. The van der Waals surface area contributed by atoms with Crippen molar-refractivity contribution < 1.29 is 9.18 Å². The molecule has 100 valence electrons. The third-order valence-corrected chi connectivity index (χ3v) is 3.53. The first kappa shape index (κ1) is 13.6. The second kappa shape index (κ2) is 5.88. The van der Waals surface area contributed by atoms with Gasteiger partial charge >= 0.3 is 0 Å². The number of amides is 1. The monoisotopic (exact) mass is 279 g/mol. The molecule has 0 aliphatic heterocycles. The van der Waals surface area contributed by atoms with E-state index in [1.165, 1.54) is 12.1 Å². The zero-order chi connectivity index (χ0) is 13.8. The fraction of sp³-hybridized carbons (Fsp3) is 0.308. The van der Waals surface area contributed by atoms with E-state index in [0.29, 0.717) is 16.1 Å². The summed E-state index contributed by atoms with van der Waals surface area (Å²) >= 11 is 1.04. The standard InChI is InChI=1S/C13H14FN3OS/c1-3-8(2)15-13(18)12-11(16-17-19-12)9-4-6-10(14)7-5-9/h4-8H,3H2,1-2H3,(H,15,18)/t8-/m1/s1. The maximum Gasteiger partial charge on any atom is 0.265 e. The van der Waals surface area contributed by atoms with Crippen LogP contribution in [0.2, 0.25) is 0 Å². The lowest BCUT2D eigenvalue weighted by Crippen LogP contribution is -2.31. The summed E-state index contributed by atoms with van der Waals surface area (Å²) in [4.78, 5) is 12.5. The normalized spacial score (nSPS) is 12.2. The van der Waals surface area contributed by atoms with Gasteiger partial charge in [0.15, 0.2) is 0 Å². The van der Waals surface area contributed by atoms with Crippen molar-refractivity contribution in [3.8, 4) is 11.3 Å². The Morgan fingerprint density at radius 3 is 2.74 bits per heavy atom. The number of nitrogens with zero attached hydrogens (tertiary/aromatic N) is 2. The van der Waals surface area contributed by atoms with Crippen LogP contribution >= 0.6 is 11.5 Å². The predicted molar refractivity (Wildman–Crippen MR) is 72.5 cm³/mol. The lowest BCUT2D eigenvalue weighted by Gasteiger charge is -2.10. The summed E-state index contributed by atoms with van der Waals surface area (Å²) < 4.78 is 16.7. The van der Waals surface area contributed by atoms with Gasteiger partial charge in [0.1, 0.15) is 16.4 Å². The molecule has 1 heterocycles. The largest absolute Gasteiger partial charge is 0.349 e. The maximum atomic E-state index is 12.9. The third kappa shape index (κ3) is 3.14. The van der Waals surface area contributed by atoms with Gasteiger partial charge in [-0.25, -0.2) is 4.39 Å². The molecule has 2 rings (SSSR count). The summed E-state index contributed by atoms with van der Waals surface area (Å²) in [5.41, 5.74) is 1.18. The molecule has 0 saturated heterocycles. The molecule has 0 spiro atoms. The van der Waals surface area contributed by atoms with E-state index in [4.69, 9.17) is 0 Å². The minimum absolute atomic E-state index is 0.0932. The first-order valence-corrected chi connectivity index (χ1v) is 6.78. The van der Waals surface area contributed by atoms with Crippen molar-refractivity contribution in [2.45, 2.75) is 26.3 Å². The molecule has 1 aromatic carbocycles.